The lowest BCUT2D eigenvalue weighted by molar-refractivity contribution is -0.137. The van der Waals surface area contributed by atoms with Crippen LogP contribution in [0.1, 0.15) is 21.6 Å². The van der Waals surface area contributed by atoms with Gasteiger partial charge in [-0.2, -0.15) is 18.2 Å². The van der Waals surface area contributed by atoms with Gasteiger partial charge in [0.2, 0.25) is 0 Å². The van der Waals surface area contributed by atoms with Gasteiger partial charge in [0.15, 0.2) is 0 Å². The standard InChI is InChI=1S/C13H9ClF3N3O2/c1-6-2-10(20-12(22)18-6)19-11(21)7-3-8(13(15,16)17)5-9(14)4-7/h2-5H,1H3,(H2,18,19,20,21,22). The number of carbonyl (C=O) groups excluding carboxylic acids is 1. The predicted molar refractivity (Wildman–Crippen MR) is 74.0 cm³/mol. The average Bonchev–Trinajstić information content (AvgIpc) is 2.35. The number of H-pyrrole nitrogens is 1. The Hall–Kier alpha value is -2.35. The number of anilines is 1. The van der Waals surface area contributed by atoms with E-state index in [1.807, 2.05) is 0 Å². The van der Waals surface area contributed by atoms with Gasteiger partial charge in [0.05, 0.1) is 5.56 Å². The smallest absolute Gasteiger partial charge is 0.310 e. The fourth-order valence-corrected chi connectivity index (χ4v) is 1.95. The quantitative estimate of drug-likeness (QED) is 0.888. The third-order valence-corrected chi connectivity index (χ3v) is 2.83. The lowest BCUT2D eigenvalue weighted by atomic mass is 10.1. The molecule has 0 fully saturated rings. The van der Waals surface area contributed by atoms with E-state index in [1.54, 1.807) is 6.92 Å². The van der Waals surface area contributed by atoms with Gasteiger partial charge in [0.25, 0.3) is 5.91 Å². The van der Waals surface area contributed by atoms with Gasteiger partial charge in [-0.25, -0.2) is 4.79 Å². The number of benzene rings is 1. The molecule has 2 rings (SSSR count). The summed E-state index contributed by atoms with van der Waals surface area (Å²) in [5, 5.41) is 2.02. The average molecular weight is 332 g/mol. The van der Waals surface area contributed by atoms with Crippen molar-refractivity contribution in [2.24, 2.45) is 0 Å². The molecular formula is C13H9ClF3N3O2. The number of rotatable bonds is 2. The molecule has 0 aliphatic heterocycles. The molecule has 9 heteroatoms. The molecule has 0 aliphatic rings. The number of nitrogens with zero attached hydrogens (tertiary/aromatic N) is 1. The highest BCUT2D eigenvalue weighted by atomic mass is 35.5. The summed E-state index contributed by atoms with van der Waals surface area (Å²) >= 11 is 5.60. The highest BCUT2D eigenvalue weighted by Crippen LogP contribution is 2.32. The number of hydrogen-bond acceptors (Lipinski definition) is 3. The molecule has 1 aromatic carbocycles. The van der Waals surface area contributed by atoms with Gasteiger partial charge in [-0.3, -0.25) is 4.79 Å². The normalized spacial score (nSPS) is 11.3. The van der Waals surface area contributed by atoms with Crippen LogP contribution in [0.2, 0.25) is 5.02 Å². The maximum absolute atomic E-state index is 12.7. The molecule has 0 atom stereocenters. The van der Waals surface area contributed by atoms with Crippen molar-refractivity contribution in [1.82, 2.24) is 9.97 Å². The first-order chi connectivity index (χ1) is 10.1. The first kappa shape index (κ1) is 16.0. The van der Waals surface area contributed by atoms with Crippen LogP contribution in [0.15, 0.2) is 29.1 Å². The van der Waals surface area contributed by atoms with Gasteiger partial charge in [0, 0.05) is 22.3 Å². The van der Waals surface area contributed by atoms with Crippen molar-refractivity contribution >= 4 is 23.3 Å². The van der Waals surface area contributed by atoms with E-state index in [0.29, 0.717) is 17.8 Å². The molecule has 0 saturated carbocycles. The topological polar surface area (TPSA) is 74.8 Å². The maximum atomic E-state index is 12.7. The molecule has 22 heavy (non-hydrogen) atoms. The number of nitrogens with one attached hydrogen (secondary N) is 2. The summed E-state index contributed by atoms with van der Waals surface area (Å²) in [6, 6.07) is 3.84. The lowest BCUT2D eigenvalue weighted by Crippen LogP contribution is -2.19. The molecule has 0 unspecified atom stereocenters. The molecule has 5 nitrogen and oxygen atoms in total. The zero-order valence-corrected chi connectivity index (χ0v) is 11.8. The Bertz CT molecular complexity index is 787. The molecule has 0 aliphatic carbocycles. The van der Waals surface area contributed by atoms with Crippen LogP contribution in [0.4, 0.5) is 19.0 Å². The van der Waals surface area contributed by atoms with Crippen LogP contribution < -0.4 is 11.0 Å². The Kier molecular flexibility index (Phi) is 4.23. The SMILES string of the molecule is Cc1cc(NC(=O)c2cc(Cl)cc(C(F)(F)F)c2)nc(=O)[nH]1. The largest absolute Gasteiger partial charge is 0.416 e. The van der Waals surface area contributed by atoms with Crippen molar-refractivity contribution in [3.05, 3.63) is 56.6 Å². The van der Waals surface area contributed by atoms with Gasteiger partial charge in [-0.1, -0.05) is 11.6 Å². The number of aromatic amines is 1. The van der Waals surface area contributed by atoms with Crippen molar-refractivity contribution < 1.29 is 18.0 Å². The van der Waals surface area contributed by atoms with Crippen molar-refractivity contribution in [2.45, 2.75) is 13.1 Å². The molecule has 2 N–H and O–H groups in total. The fourth-order valence-electron chi connectivity index (χ4n) is 1.72. The number of halogens is 4. The second-order valence-electron chi connectivity index (χ2n) is 4.44. The summed E-state index contributed by atoms with van der Waals surface area (Å²) < 4.78 is 38.1. The third kappa shape index (κ3) is 3.85. The van der Waals surface area contributed by atoms with Crippen LogP contribution >= 0.6 is 11.6 Å². The number of alkyl halides is 3. The molecule has 0 spiro atoms. The lowest BCUT2D eigenvalue weighted by Gasteiger charge is -2.10. The van der Waals surface area contributed by atoms with E-state index in [9.17, 15) is 22.8 Å². The Balaban J connectivity index is 2.33. The Morgan fingerprint density at radius 2 is 1.95 bits per heavy atom. The molecule has 1 aromatic heterocycles. The van der Waals surface area contributed by atoms with Crippen molar-refractivity contribution in [1.29, 1.82) is 0 Å². The molecular weight excluding hydrogens is 323 g/mol. The van der Waals surface area contributed by atoms with Crippen LogP contribution in [-0.2, 0) is 6.18 Å². The molecule has 0 radical (unpaired) electrons. The van der Waals surface area contributed by atoms with Crippen molar-refractivity contribution in [2.75, 3.05) is 5.32 Å². The van der Waals surface area contributed by atoms with Crippen molar-refractivity contribution in [3.8, 4) is 0 Å². The summed E-state index contributed by atoms with van der Waals surface area (Å²) in [5.41, 5.74) is -1.57. The summed E-state index contributed by atoms with van der Waals surface area (Å²) in [6.45, 7) is 1.57. The van der Waals surface area contributed by atoms with E-state index in [1.165, 1.54) is 6.07 Å². The van der Waals surface area contributed by atoms with Crippen LogP contribution in [0.5, 0.6) is 0 Å². The Morgan fingerprint density at radius 1 is 1.27 bits per heavy atom. The monoisotopic (exact) mass is 331 g/mol. The Morgan fingerprint density at radius 3 is 2.55 bits per heavy atom. The van der Waals surface area contributed by atoms with E-state index >= 15 is 0 Å². The first-order valence-electron chi connectivity index (χ1n) is 5.92. The first-order valence-corrected chi connectivity index (χ1v) is 6.30. The third-order valence-electron chi connectivity index (χ3n) is 2.61. The van der Waals surface area contributed by atoms with Crippen LogP contribution in [0.25, 0.3) is 0 Å². The van der Waals surface area contributed by atoms with E-state index < -0.39 is 23.3 Å². The minimum absolute atomic E-state index is 0.0696. The maximum Gasteiger partial charge on any atom is 0.416 e. The molecule has 2 aromatic rings. The second-order valence-corrected chi connectivity index (χ2v) is 4.87. The molecule has 1 amide bonds. The number of aryl methyl sites for hydroxylation is 1. The zero-order valence-electron chi connectivity index (χ0n) is 11.1. The summed E-state index contributed by atoms with van der Waals surface area (Å²) in [6.07, 6.45) is -4.63. The molecule has 0 bridgehead atoms. The number of aromatic nitrogens is 2. The van der Waals surface area contributed by atoms with E-state index in [-0.39, 0.29) is 16.4 Å². The van der Waals surface area contributed by atoms with Gasteiger partial charge in [-0.15, -0.1) is 0 Å². The minimum Gasteiger partial charge on any atom is -0.310 e. The minimum atomic E-state index is -4.63. The van der Waals surface area contributed by atoms with E-state index in [2.05, 4.69) is 15.3 Å². The van der Waals surface area contributed by atoms with Gasteiger partial charge in [0.1, 0.15) is 5.82 Å². The summed E-state index contributed by atoms with van der Waals surface area (Å²) in [4.78, 5) is 29.0. The number of carbonyl (C=O) groups is 1. The summed E-state index contributed by atoms with van der Waals surface area (Å²) in [5.74, 6) is -0.926. The fraction of sp³-hybridized carbons (Fsp3) is 0.154. The van der Waals surface area contributed by atoms with Gasteiger partial charge < -0.3 is 10.3 Å². The molecule has 0 saturated heterocycles. The summed E-state index contributed by atoms with van der Waals surface area (Å²) in [7, 11) is 0. The van der Waals surface area contributed by atoms with Crippen LogP contribution in [0, 0.1) is 6.92 Å². The second kappa shape index (κ2) is 5.80. The highest BCUT2D eigenvalue weighted by Gasteiger charge is 2.31. The molecule has 1 heterocycles. The highest BCUT2D eigenvalue weighted by molar-refractivity contribution is 6.31. The van der Waals surface area contributed by atoms with Crippen LogP contribution in [0.3, 0.4) is 0 Å². The number of amides is 1. The van der Waals surface area contributed by atoms with E-state index in [0.717, 1.165) is 6.07 Å². The predicted octanol–water partition coefficient (Wildman–Crippen LogP) is 3.00. The molecule has 116 valence electrons. The Labute approximate surface area is 127 Å². The van der Waals surface area contributed by atoms with E-state index in [4.69, 9.17) is 11.6 Å². The van der Waals surface area contributed by atoms with Crippen LogP contribution in [-0.4, -0.2) is 15.9 Å². The zero-order chi connectivity index (χ0) is 16.5. The number of hydrogen-bond donors (Lipinski definition) is 2. The van der Waals surface area contributed by atoms with Gasteiger partial charge in [-0.05, 0) is 25.1 Å². The van der Waals surface area contributed by atoms with Crippen molar-refractivity contribution in [3.63, 3.8) is 0 Å². The van der Waals surface area contributed by atoms with Gasteiger partial charge >= 0.3 is 11.9 Å².